The summed E-state index contributed by atoms with van der Waals surface area (Å²) < 4.78 is 4.58. The Morgan fingerprint density at radius 3 is 1.78 bits per heavy atom. The Kier molecular flexibility index (Phi) is 4.50. The maximum atomic E-state index is 10.0. The van der Waals surface area contributed by atoms with Gasteiger partial charge in [-0.25, -0.2) is 4.79 Å². The summed E-state index contributed by atoms with van der Waals surface area (Å²) in [6.45, 7) is 5.28. The molecule has 0 radical (unpaired) electrons. The highest BCUT2D eigenvalue weighted by atomic mass is 35.5. The third kappa shape index (κ3) is 11.2. The van der Waals surface area contributed by atoms with Crippen LogP contribution >= 0.6 is 12.4 Å². The van der Waals surface area contributed by atoms with Crippen LogP contribution in [0.5, 0.6) is 0 Å². The van der Waals surface area contributed by atoms with Crippen molar-refractivity contribution >= 4 is 18.5 Å². The van der Waals surface area contributed by atoms with Crippen LogP contribution in [-0.2, 0) is 4.74 Å². The zero-order chi connectivity index (χ0) is 6.78. The molecule has 0 aliphatic carbocycles. The van der Waals surface area contributed by atoms with Crippen molar-refractivity contribution < 1.29 is 9.53 Å². The van der Waals surface area contributed by atoms with E-state index in [-0.39, 0.29) is 12.4 Å². The van der Waals surface area contributed by atoms with Gasteiger partial charge in [0.1, 0.15) is 5.60 Å². The van der Waals surface area contributed by atoms with Crippen LogP contribution in [0, 0.1) is 0 Å². The van der Waals surface area contributed by atoms with Crippen LogP contribution in [0.1, 0.15) is 20.8 Å². The predicted molar refractivity (Wildman–Crippen MR) is 37.7 cm³/mol. The molecular formula is C5H12ClNO2. The van der Waals surface area contributed by atoms with Crippen molar-refractivity contribution in [3.63, 3.8) is 0 Å². The molecule has 0 aromatic carbocycles. The molecule has 0 aliphatic rings. The molecule has 9 heavy (non-hydrogen) atoms. The second-order valence-electron chi connectivity index (χ2n) is 2.53. The van der Waals surface area contributed by atoms with Crippen LogP contribution < -0.4 is 5.73 Å². The van der Waals surface area contributed by atoms with E-state index >= 15 is 0 Å². The van der Waals surface area contributed by atoms with E-state index in [2.05, 4.69) is 4.74 Å². The molecule has 0 saturated carbocycles. The lowest BCUT2D eigenvalue weighted by atomic mass is 10.2. The van der Waals surface area contributed by atoms with Crippen LogP contribution in [-0.4, -0.2) is 11.7 Å². The Bertz CT molecular complexity index is 97.6. The minimum atomic E-state index is -0.725. The fourth-order valence-electron chi connectivity index (χ4n) is 0.302. The van der Waals surface area contributed by atoms with E-state index in [1.54, 1.807) is 20.8 Å². The lowest BCUT2D eigenvalue weighted by Gasteiger charge is -2.16. The highest BCUT2D eigenvalue weighted by molar-refractivity contribution is 5.85. The summed E-state index contributed by atoms with van der Waals surface area (Å²) in [5.74, 6) is 0. The van der Waals surface area contributed by atoms with E-state index in [1.807, 2.05) is 0 Å². The van der Waals surface area contributed by atoms with Gasteiger partial charge in [0.25, 0.3) is 0 Å². The molecule has 0 atom stereocenters. The zero-order valence-electron chi connectivity index (χ0n) is 5.80. The fraction of sp³-hybridized carbons (Fsp3) is 0.800. The highest BCUT2D eigenvalue weighted by Crippen LogP contribution is 2.04. The highest BCUT2D eigenvalue weighted by Gasteiger charge is 2.12. The van der Waals surface area contributed by atoms with Gasteiger partial charge in [-0.1, -0.05) is 0 Å². The summed E-state index contributed by atoms with van der Waals surface area (Å²) in [6, 6.07) is 0. The standard InChI is InChI=1S/C5H11NO2.ClH/c1-5(2,3)8-4(6)7;/h1-3H3,(H2,6,7);1H. The summed E-state index contributed by atoms with van der Waals surface area (Å²) in [5.41, 5.74) is 4.26. The molecule has 56 valence electrons. The minimum Gasteiger partial charge on any atom is -0.444 e. The minimum absolute atomic E-state index is 0. The van der Waals surface area contributed by atoms with Crippen molar-refractivity contribution in [2.75, 3.05) is 0 Å². The van der Waals surface area contributed by atoms with Gasteiger partial charge in [-0.2, -0.15) is 0 Å². The van der Waals surface area contributed by atoms with Gasteiger partial charge in [-0.15, -0.1) is 12.4 Å². The third-order valence-electron chi connectivity index (χ3n) is 0.407. The number of ether oxygens (including phenoxy) is 1. The summed E-state index contributed by atoms with van der Waals surface area (Å²) >= 11 is 0. The topological polar surface area (TPSA) is 52.3 Å². The van der Waals surface area contributed by atoms with Crippen LogP contribution in [0.3, 0.4) is 0 Å². The molecule has 0 spiro atoms. The van der Waals surface area contributed by atoms with Crippen molar-refractivity contribution in [3.8, 4) is 0 Å². The Labute approximate surface area is 61.0 Å². The zero-order valence-corrected chi connectivity index (χ0v) is 6.62. The van der Waals surface area contributed by atoms with Crippen LogP contribution in [0.15, 0.2) is 0 Å². The van der Waals surface area contributed by atoms with E-state index in [9.17, 15) is 4.79 Å². The maximum absolute atomic E-state index is 10.0. The largest absolute Gasteiger partial charge is 0.444 e. The first-order valence-corrected chi connectivity index (χ1v) is 2.40. The quantitative estimate of drug-likeness (QED) is 0.571. The summed E-state index contributed by atoms with van der Waals surface area (Å²) in [7, 11) is 0. The molecule has 0 bridgehead atoms. The van der Waals surface area contributed by atoms with E-state index in [1.165, 1.54) is 0 Å². The molecule has 0 aromatic heterocycles. The number of halogens is 1. The molecule has 0 saturated heterocycles. The first kappa shape index (κ1) is 11.4. The number of carbonyl (C=O) groups excluding carboxylic acids is 1. The summed E-state index contributed by atoms with van der Waals surface area (Å²) in [6.07, 6.45) is -0.725. The van der Waals surface area contributed by atoms with Crippen LogP contribution in [0.4, 0.5) is 4.79 Å². The molecule has 0 aliphatic heterocycles. The number of rotatable bonds is 0. The van der Waals surface area contributed by atoms with Crippen LogP contribution in [0.25, 0.3) is 0 Å². The Balaban J connectivity index is 0. The van der Waals surface area contributed by atoms with Crippen molar-refractivity contribution in [2.24, 2.45) is 5.73 Å². The molecule has 0 fully saturated rings. The summed E-state index contributed by atoms with van der Waals surface area (Å²) in [5, 5.41) is 0. The molecule has 4 heteroatoms. The average molecular weight is 154 g/mol. The van der Waals surface area contributed by atoms with Crippen molar-refractivity contribution in [2.45, 2.75) is 26.4 Å². The molecule has 1 amide bonds. The third-order valence-corrected chi connectivity index (χ3v) is 0.407. The van der Waals surface area contributed by atoms with Crippen molar-refractivity contribution in [1.29, 1.82) is 0 Å². The smallest absolute Gasteiger partial charge is 0.405 e. The predicted octanol–water partition coefficient (Wildman–Crippen LogP) is 1.30. The second kappa shape index (κ2) is 3.56. The number of carbonyl (C=O) groups is 1. The molecule has 0 heterocycles. The van der Waals surface area contributed by atoms with E-state index in [4.69, 9.17) is 5.73 Å². The van der Waals surface area contributed by atoms with Gasteiger partial charge in [0.05, 0.1) is 0 Å². The van der Waals surface area contributed by atoms with E-state index < -0.39 is 11.7 Å². The van der Waals surface area contributed by atoms with Crippen LogP contribution in [0.2, 0.25) is 0 Å². The fourth-order valence-corrected chi connectivity index (χ4v) is 0.302. The molecule has 0 rings (SSSR count). The van der Waals surface area contributed by atoms with E-state index in [0.29, 0.717) is 0 Å². The lowest BCUT2D eigenvalue weighted by molar-refractivity contribution is 0.0600. The van der Waals surface area contributed by atoms with Gasteiger partial charge in [-0.05, 0) is 20.8 Å². The Hall–Kier alpha value is -0.440. The van der Waals surface area contributed by atoms with Crippen molar-refractivity contribution in [1.82, 2.24) is 0 Å². The number of primary amides is 1. The van der Waals surface area contributed by atoms with E-state index in [0.717, 1.165) is 0 Å². The molecule has 3 nitrogen and oxygen atoms in total. The Morgan fingerprint density at radius 1 is 1.44 bits per heavy atom. The van der Waals surface area contributed by atoms with Gasteiger partial charge < -0.3 is 10.5 Å². The average Bonchev–Trinajstić information content (AvgIpc) is 1.21. The van der Waals surface area contributed by atoms with Gasteiger partial charge >= 0.3 is 6.09 Å². The van der Waals surface area contributed by atoms with Gasteiger partial charge in [-0.3, -0.25) is 0 Å². The number of hydrogen-bond donors (Lipinski definition) is 1. The van der Waals surface area contributed by atoms with Gasteiger partial charge in [0, 0.05) is 0 Å². The monoisotopic (exact) mass is 153 g/mol. The summed E-state index contributed by atoms with van der Waals surface area (Å²) in [4.78, 5) is 10.0. The first-order valence-electron chi connectivity index (χ1n) is 2.40. The number of nitrogens with two attached hydrogens (primary N) is 1. The number of hydrogen-bond acceptors (Lipinski definition) is 2. The SMILES string of the molecule is CC(C)(C)OC(N)=O.Cl. The second-order valence-corrected chi connectivity index (χ2v) is 2.53. The van der Waals surface area contributed by atoms with Gasteiger partial charge in [0.2, 0.25) is 0 Å². The normalized spacial score (nSPS) is 9.67. The lowest BCUT2D eigenvalue weighted by Crippen LogP contribution is -2.27. The Morgan fingerprint density at radius 2 is 1.78 bits per heavy atom. The van der Waals surface area contributed by atoms with Crippen molar-refractivity contribution in [3.05, 3.63) is 0 Å². The number of amides is 1. The maximum Gasteiger partial charge on any atom is 0.405 e. The molecule has 2 N–H and O–H groups in total. The molecular weight excluding hydrogens is 142 g/mol. The molecule has 0 unspecified atom stereocenters. The molecule has 0 aromatic rings. The van der Waals surface area contributed by atoms with Gasteiger partial charge in [0.15, 0.2) is 0 Å². The first-order chi connectivity index (χ1) is 3.42.